The SMILES string of the molecule is CCC(N)CCN(CC)c1ccccc1C. The van der Waals surface area contributed by atoms with Crippen LogP contribution in [0.4, 0.5) is 5.69 Å². The second-order valence-corrected chi connectivity index (χ2v) is 4.32. The van der Waals surface area contributed by atoms with Crippen LogP contribution in [0, 0.1) is 6.92 Å². The van der Waals surface area contributed by atoms with Gasteiger partial charge in [0.1, 0.15) is 0 Å². The zero-order chi connectivity index (χ0) is 12.0. The lowest BCUT2D eigenvalue weighted by Gasteiger charge is -2.26. The third kappa shape index (κ3) is 3.53. The van der Waals surface area contributed by atoms with Crippen molar-refractivity contribution in [2.75, 3.05) is 18.0 Å². The van der Waals surface area contributed by atoms with E-state index in [1.54, 1.807) is 0 Å². The number of hydrogen-bond acceptors (Lipinski definition) is 2. The Bertz CT molecular complexity index is 309. The lowest BCUT2D eigenvalue weighted by molar-refractivity contribution is 0.586. The largest absolute Gasteiger partial charge is 0.372 e. The topological polar surface area (TPSA) is 29.3 Å². The summed E-state index contributed by atoms with van der Waals surface area (Å²) in [6.07, 6.45) is 2.13. The zero-order valence-electron chi connectivity index (χ0n) is 10.7. The molecular weight excluding hydrogens is 196 g/mol. The maximum Gasteiger partial charge on any atom is 0.0395 e. The number of rotatable bonds is 6. The molecule has 2 heteroatoms. The van der Waals surface area contributed by atoms with Crippen molar-refractivity contribution in [3.63, 3.8) is 0 Å². The van der Waals surface area contributed by atoms with E-state index in [1.165, 1.54) is 11.3 Å². The molecule has 0 amide bonds. The first-order valence-electron chi connectivity index (χ1n) is 6.25. The van der Waals surface area contributed by atoms with Crippen LogP contribution in [0.2, 0.25) is 0 Å². The van der Waals surface area contributed by atoms with E-state index in [0.717, 1.165) is 25.9 Å². The van der Waals surface area contributed by atoms with Crippen molar-refractivity contribution < 1.29 is 0 Å². The Morgan fingerprint density at radius 2 is 1.94 bits per heavy atom. The summed E-state index contributed by atoms with van der Waals surface area (Å²) in [5.41, 5.74) is 8.65. The second kappa shape index (κ2) is 6.54. The number of anilines is 1. The summed E-state index contributed by atoms with van der Waals surface area (Å²) in [6.45, 7) is 8.61. The summed E-state index contributed by atoms with van der Waals surface area (Å²) < 4.78 is 0. The molecule has 1 atom stereocenters. The molecule has 0 fully saturated rings. The third-order valence-corrected chi connectivity index (χ3v) is 3.13. The molecule has 0 radical (unpaired) electrons. The van der Waals surface area contributed by atoms with Crippen molar-refractivity contribution in [1.29, 1.82) is 0 Å². The number of aryl methyl sites for hydroxylation is 1. The van der Waals surface area contributed by atoms with E-state index in [-0.39, 0.29) is 0 Å². The molecule has 0 saturated carbocycles. The van der Waals surface area contributed by atoms with Gasteiger partial charge in [0.05, 0.1) is 0 Å². The molecule has 0 aliphatic heterocycles. The fraction of sp³-hybridized carbons (Fsp3) is 0.571. The Morgan fingerprint density at radius 3 is 2.50 bits per heavy atom. The maximum absolute atomic E-state index is 5.97. The molecule has 0 spiro atoms. The number of nitrogens with zero attached hydrogens (tertiary/aromatic N) is 1. The van der Waals surface area contributed by atoms with Gasteiger partial charge in [-0.25, -0.2) is 0 Å². The highest BCUT2D eigenvalue weighted by molar-refractivity contribution is 5.52. The molecule has 1 aromatic carbocycles. The van der Waals surface area contributed by atoms with Gasteiger partial charge in [-0.05, 0) is 38.3 Å². The first kappa shape index (κ1) is 13.0. The van der Waals surface area contributed by atoms with E-state index in [1.807, 2.05) is 0 Å². The maximum atomic E-state index is 5.97. The minimum atomic E-state index is 0.332. The molecule has 2 nitrogen and oxygen atoms in total. The van der Waals surface area contributed by atoms with Crippen molar-refractivity contribution in [3.8, 4) is 0 Å². The quantitative estimate of drug-likeness (QED) is 0.798. The van der Waals surface area contributed by atoms with Crippen LogP contribution in [0.25, 0.3) is 0 Å². The van der Waals surface area contributed by atoms with E-state index in [4.69, 9.17) is 5.73 Å². The van der Waals surface area contributed by atoms with Crippen LogP contribution in [0.1, 0.15) is 32.3 Å². The lowest BCUT2D eigenvalue weighted by Crippen LogP contribution is -2.30. The van der Waals surface area contributed by atoms with Gasteiger partial charge >= 0.3 is 0 Å². The van der Waals surface area contributed by atoms with Crippen molar-refractivity contribution >= 4 is 5.69 Å². The molecule has 16 heavy (non-hydrogen) atoms. The van der Waals surface area contributed by atoms with Crippen molar-refractivity contribution in [2.45, 2.75) is 39.7 Å². The number of nitrogens with two attached hydrogens (primary N) is 1. The first-order valence-corrected chi connectivity index (χ1v) is 6.25. The smallest absolute Gasteiger partial charge is 0.0395 e. The number of hydrogen-bond donors (Lipinski definition) is 1. The van der Waals surface area contributed by atoms with Crippen molar-refractivity contribution in [1.82, 2.24) is 0 Å². The molecule has 1 aromatic rings. The summed E-state index contributed by atoms with van der Waals surface area (Å²) in [4.78, 5) is 2.41. The predicted molar refractivity (Wildman–Crippen MR) is 71.9 cm³/mol. The van der Waals surface area contributed by atoms with Crippen molar-refractivity contribution in [2.24, 2.45) is 5.73 Å². The van der Waals surface area contributed by atoms with E-state index >= 15 is 0 Å². The summed E-state index contributed by atoms with van der Waals surface area (Å²) in [5, 5.41) is 0. The molecule has 0 saturated heterocycles. The van der Waals surface area contributed by atoms with Crippen LogP contribution in [0.5, 0.6) is 0 Å². The van der Waals surface area contributed by atoms with Gasteiger partial charge in [0.25, 0.3) is 0 Å². The van der Waals surface area contributed by atoms with Crippen LogP contribution in [0.3, 0.4) is 0 Å². The fourth-order valence-electron chi connectivity index (χ4n) is 1.89. The van der Waals surface area contributed by atoms with Gasteiger partial charge in [0.15, 0.2) is 0 Å². The molecule has 2 N–H and O–H groups in total. The minimum Gasteiger partial charge on any atom is -0.372 e. The van der Waals surface area contributed by atoms with Gasteiger partial charge in [-0.1, -0.05) is 25.1 Å². The van der Waals surface area contributed by atoms with Gasteiger partial charge < -0.3 is 10.6 Å². The Morgan fingerprint density at radius 1 is 1.25 bits per heavy atom. The summed E-state index contributed by atoms with van der Waals surface area (Å²) in [7, 11) is 0. The lowest BCUT2D eigenvalue weighted by atomic mass is 10.1. The third-order valence-electron chi connectivity index (χ3n) is 3.13. The van der Waals surface area contributed by atoms with Gasteiger partial charge in [-0.2, -0.15) is 0 Å². The summed E-state index contributed by atoms with van der Waals surface area (Å²) in [5.74, 6) is 0. The molecule has 1 rings (SSSR count). The normalized spacial score (nSPS) is 12.5. The van der Waals surface area contributed by atoms with Gasteiger partial charge in [-0.3, -0.25) is 0 Å². The van der Waals surface area contributed by atoms with Crippen molar-refractivity contribution in [3.05, 3.63) is 29.8 Å². The van der Waals surface area contributed by atoms with Crippen LogP contribution in [-0.2, 0) is 0 Å². The highest BCUT2D eigenvalue weighted by atomic mass is 15.1. The average Bonchev–Trinajstić information content (AvgIpc) is 2.31. The van der Waals surface area contributed by atoms with E-state index in [9.17, 15) is 0 Å². The monoisotopic (exact) mass is 220 g/mol. The molecule has 90 valence electrons. The van der Waals surface area contributed by atoms with Crippen LogP contribution in [-0.4, -0.2) is 19.1 Å². The van der Waals surface area contributed by atoms with E-state index in [2.05, 4.69) is 49.9 Å². The Hall–Kier alpha value is -1.02. The zero-order valence-corrected chi connectivity index (χ0v) is 10.7. The number of para-hydroxylation sites is 1. The van der Waals surface area contributed by atoms with Crippen LogP contribution >= 0.6 is 0 Å². The molecule has 0 bridgehead atoms. The molecule has 1 unspecified atom stereocenters. The van der Waals surface area contributed by atoms with E-state index in [0.29, 0.717) is 6.04 Å². The summed E-state index contributed by atoms with van der Waals surface area (Å²) in [6, 6.07) is 8.88. The molecule has 0 aliphatic rings. The highest BCUT2D eigenvalue weighted by Crippen LogP contribution is 2.19. The summed E-state index contributed by atoms with van der Waals surface area (Å²) >= 11 is 0. The van der Waals surface area contributed by atoms with Crippen LogP contribution in [0.15, 0.2) is 24.3 Å². The standard InChI is InChI=1S/C14H24N2/c1-4-13(15)10-11-16(5-2)14-9-7-6-8-12(14)3/h6-9,13H,4-5,10-11,15H2,1-3H3. The molecular formula is C14H24N2. The van der Waals surface area contributed by atoms with E-state index < -0.39 is 0 Å². The highest BCUT2D eigenvalue weighted by Gasteiger charge is 2.08. The Balaban J connectivity index is 2.64. The number of benzene rings is 1. The van der Waals surface area contributed by atoms with Crippen LogP contribution < -0.4 is 10.6 Å². The Labute approximate surface area is 99.5 Å². The predicted octanol–water partition coefficient (Wildman–Crippen LogP) is 2.95. The molecule has 0 heterocycles. The average molecular weight is 220 g/mol. The second-order valence-electron chi connectivity index (χ2n) is 4.32. The minimum absolute atomic E-state index is 0.332. The van der Waals surface area contributed by atoms with Gasteiger partial charge in [-0.15, -0.1) is 0 Å². The molecule has 0 aliphatic carbocycles. The fourth-order valence-corrected chi connectivity index (χ4v) is 1.89. The van der Waals surface area contributed by atoms with Gasteiger partial charge in [0, 0.05) is 24.8 Å². The Kier molecular flexibility index (Phi) is 5.33. The first-order chi connectivity index (χ1) is 7.69. The molecule has 0 aromatic heterocycles. The van der Waals surface area contributed by atoms with Gasteiger partial charge in [0.2, 0.25) is 0 Å².